The minimum atomic E-state index is -4.58. The molecule has 1 amide bonds. The van der Waals surface area contributed by atoms with Crippen molar-refractivity contribution in [1.29, 1.82) is 0 Å². The van der Waals surface area contributed by atoms with Gasteiger partial charge in [-0.25, -0.2) is 0 Å². The number of nitrogens with zero attached hydrogens (tertiary/aromatic N) is 1. The number of hydrogen-bond donors (Lipinski definition) is 2. The Hall–Kier alpha value is -2.06. The molecule has 79 heavy (non-hydrogen) atoms. The molecule has 0 rings (SSSR count). The molecule has 462 valence electrons. The highest BCUT2D eigenvalue weighted by Crippen LogP contribution is 2.38. The molecule has 0 radical (unpaired) electrons. The fourth-order valence-corrected chi connectivity index (χ4v) is 10.7. The van der Waals surface area contributed by atoms with Crippen LogP contribution < -0.4 is 10.2 Å². The molecule has 3 unspecified atom stereocenters. The number of phosphoric acid groups is 1. The predicted molar refractivity (Wildman–Crippen MR) is 344 cm³/mol. The molecule has 0 spiro atoms. The second-order valence-corrected chi connectivity index (χ2v) is 25.6. The Morgan fingerprint density at radius 2 is 0.772 bits per heavy atom. The summed E-state index contributed by atoms with van der Waals surface area (Å²) in [7, 11) is 1.31. The molecule has 2 N–H and O–H groups in total. The van der Waals surface area contributed by atoms with Crippen LogP contribution in [0.2, 0.25) is 0 Å². The summed E-state index contributed by atoms with van der Waals surface area (Å²) >= 11 is 0. The van der Waals surface area contributed by atoms with E-state index in [4.69, 9.17) is 9.05 Å². The zero-order valence-electron chi connectivity index (χ0n) is 52.8. The van der Waals surface area contributed by atoms with Crippen LogP contribution in [0.5, 0.6) is 0 Å². The summed E-state index contributed by atoms with van der Waals surface area (Å²) in [6, 6.07) is -0.804. The average Bonchev–Trinajstić information content (AvgIpc) is 3.42. The molecule has 0 aliphatic carbocycles. The second kappa shape index (κ2) is 60.5. The van der Waals surface area contributed by atoms with Crippen molar-refractivity contribution >= 4 is 13.7 Å². The van der Waals surface area contributed by atoms with Gasteiger partial charge in [0.15, 0.2) is 0 Å². The fraction of sp³-hybridized carbons (Fsp3) is 0.814. The number of rotatable bonds is 62. The highest BCUT2D eigenvalue weighted by molar-refractivity contribution is 7.45. The van der Waals surface area contributed by atoms with Crippen molar-refractivity contribution in [3.63, 3.8) is 0 Å². The Morgan fingerprint density at radius 1 is 0.456 bits per heavy atom. The van der Waals surface area contributed by atoms with E-state index in [1.165, 1.54) is 212 Å². The van der Waals surface area contributed by atoms with E-state index in [0.29, 0.717) is 23.9 Å². The van der Waals surface area contributed by atoms with Gasteiger partial charge in [-0.3, -0.25) is 9.36 Å². The van der Waals surface area contributed by atoms with Crippen LogP contribution in [0.4, 0.5) is 0 Å². The first-order valence-electron chi connectivity index (χ1n) is 33.8. The van der Waals surface area contributed by atoms with Crippen LogP contribution in [0.3, 0.4) is 0 Å². The van der Waals surface area contributed by atoms with E-state index in [2.05, 4.69) is 92.1 Å². The molecule has 0 aromatic heterocycles. The number of likely N-dealkylation sites (N-methyl/N-ethyl adjacent to an activating group) is 1. The van der Waals surface area contributed by atoms with Crippen LogP contribution in [0, 0.1) is 0 Å². The molecule has 0 bridgehead atoms. The summed E-state index contributed by atoms with van der Waals surface area (Å²) in [5, 5.41) is 14.1. The van der Waals surface area contributed by atoms with Gasteiger partial charge in [0, 0.05) is 6.42 Å². The summed E-state index contributed by atoms with van der Waals surface area (Å²) in [5.74, 6) is -0.162. The maximum Gasteiger partial charge on any atom is 0.268 e. The van der Waals surface area contributed by atoms with Crippen LogP contribution in [-0.2, 0) is 18.4 Å². The number of aliphatic hydroxyl groups is 1. The van der Waals surface area contributed by atoms with Gasteiger partial charge in [0.2, 0.25) is 5.91 Å². The van der Waals surface area contributed by atoms with E-state index in [-0.39, 0.29) is 19.1 Å². The van der Waals surface area contributed by atoms with Gasteiger partial charge in [-0.1, -0.05) is 318 Å². The first-order chi connectivity index (χ1) is 38.5. The monoisotopic (exact) mass is 1130 g/mol. The van der Waals surface area contributed by atoms with Gasteiger partial charge in [0.1, 0.15) is 13.2 Å². The van der Waals surface area contributed by atoms with Gasteiger partial charge in [-0.05, 0) is 64.2 Å². The summed E-state index contributed by atoms with van der Waals surface area (Å²) in [6.07, 6.45) is 83.9. The van der Waals surface area contributed by atoms with Crippen molar-refractivity contribution in [3.05, 3.63) is 72.9 Å². The first kappa shape index (κ1) is 76.9. The number of carbonyl (C=O) groups excluding carboxylic acids is 1. The van der Waals surface area contributed by atoms with Crippen molar-refractivity contribution in [1.82, 2.24) is 5.32 Å². The molecule has 0 saturated carbocycles. The summed E-state index contributed by atoms with van der Waals surface area (Å²) in [4.78, 5) is 25.6. The van der Waals surface area contributed by atoms with E-state index < -0.39 is 20.0 Å². The summed E-state index contributed by atoms with van der Waals surface area (Å²) in [6.45, 7) is 4.65. The van der Waals surface area contributed by atoms with Gasteiger partial charge >= 0.3 is 0 Å². The first-order valence-corrected chi connectivity index (χ1v) is 35.2. The Balaban J connectivity index is 4.03. The van der Waals surface area contributed by atoms with E-state index in [1.807, 2.05) is 21.1 Å². The number of quaternary nitrogens is 1. The maximum absolute atomic E-state index is 13.0. The number of carbonyl (C=O) groups is 1. The quantitative estimate of drug-likeness (QED) is 0.0272. The third-order valence-corrected chi connectivity index (χ3v) is 16.2. The Kier molecular flexibility index (Phi) is 59.0. The Bertz CT molecular complexity index is 1520. The topological polar surface area (TPSA) is 108 Å². The van der Waals surface area contributed by atoms with Crippen LogP contribution in [0.25, 0.3) is 0 Å². The Labute approximate surface area is 491 Å². The number of unbranched alkanes of at least 4 members (excludes halogenated alkanes) is 37. The lowest BCUT2D eigenvalue weighted by atomic mass is 10.0. The standard InChI is InChI=1S/C70H131N2O6P/c1-6-8-10-12-14-16-18-20-22-24-26-28-30-31-32-33-34-35-36-37-38-39-40-41-42-44-46-48-50-52-54-56-58-60-62-64-70(74)71-68(67-78-79(75,76)77-66-65-72(3,4)5)69(73)63-61-59-57-55-53-51-49-47-45-43-29-27-25-23-21-19-17-15-13-11-9-7-2/h8,10,14,16,20,22,26,28,31-32,34-35,68-69,73H,6-7,9,11-13,15,17-19,21,23-25,27,29-30,33,36-67H2,1-5H3,(H-,71,74,75,76)/b10-8-,16-14-,22-20-,28-26-,32-31-,35-34-. The fourth-order valence-electron chi connectivity index (χ4n) is 9.99. The molecule has 0 aromatic carbocycles. The van der Waals surface area contributed by atoms with Gasteiger partial charge < -0.3 is 28.8 Å². The van der Waals surface area contributed by atoms with Crippen molar-refractivity contribution < 1.29 is 32.9 Å². The molecular formula is C70H131N2O6P. The lowest BCUT2D eigenvalue weighted by Gasteiger charge is -2.30. The highest BCUT2D eigenvalue weighted by Gasteiger charge is 2.24. The van der Waals surface area contributed by atoms with Gasteiger partial charge in [-0.2, -0.15) is 0 Å². The van der Waals surface area contributed by atoms with Crippen LogP contribution in [-0.4, -0.2) is 68.5 Å². The smallest absolute Gasteiger partial charge is 0.268 e. The van der Waals surface area contributed by atoms with E-state index in [9.17, 15) is 19.4 Å². The molecule has 0 saturated heterocycles. The molecular weight excluding hydrogens is 996 g/mol. The number of nitrogens with one attached hydrogen (secondary N) is 1. The largest absolute Gasteiger partial charge is 0.756 e. The minimum absolute atomic E-state index is 0.0117. The van der Waals surface area contributed by atoms with Gasteiger partial charge in [-0.15, -0.1) is 0 Å². The molecule has 0 heterocycles. The molecule has 3 atom stereocenters. The molecule has 0 fully saturated rings. The van der Waals surface area contributed by atoms with Crippen LogP contribution in [0.1, 0.15) is 316 Å². The lowest BCUT2D eigenvalue weighted by Crippen LogP contribution is -2.46. The van der Waals surface area contributed by atoms with Crippen molar-refractivity contribution in [2.24, 2.45) is 0 Å². The molecule has 0 aromatic rings. The number of allylic oxidation sites excluding steroid dienone is 12. The average molecular weight is 1130 g/mol. The molecule has 0 aliphatic rings. The number of aliphatic hydroxyl groups excluding tert-OH is 1. The van der Waals surface area contributed by atoms with Crippen molar-refractivity contribution in [3.8, 4) is 0 Å². The zero-order valence-corrected chi connectivity index (χ0v) is 53.7. The van der Waals surface area contributed by atoms with Gasteiger partial charge in [0.25, 0.3) is 7.82 Å². The van der Waals surface area contributed by atoms with Crippen LogP contribution >= 0.6 is 7.82 Å². The minimum Gasteiger partial charge on any atom is -0.756 e. The molecule has 0 aliphatic heterocycles. The number of amides is 1. The molecule has 8 nitrogen and oxygen atoms in total. The molecule has 9 heteroatoms. The second-order valence-electron chi connectivity index (χ2n) is 24.2. The normalized spacial score (nSPS) is 14.2. The third-order valence-electron chi connectivity index (χ3n) is 15.2. The highest BCUT2D eigenvalue weighted by atomic mass is 31.2. The summed E-state index contributed by atoms with van der Waals surface area (Å²) < 4.78 is 23.5. The third kappa shape index (κ3) is 63.4. The SMILES string of the molecule is CC/C=C\C/C=C\C/C=C\C/C=C\C/C=C\C/C=C\CCCCCCCCCCCCCCCCCCC(=O)NC(COP(=O)([O-])OCC[N+](C)(C)C)C(O)CCCCCCCCCCCCCCCCCCCCCCCC. The lowest BCUT2D eigenvalue weighted by molar-refractivity contribution is -0.870. The predicted octanol–water partition coefficient (Wildman–Crippen LogP) is 20.8. The van der Waals surface area contributed by atoms with E-state index in [0.717, 1.165) is 77.0 Å². The van der Waals surface area contributed by atoms with Gasteiger partial charge in [0.05, 0.1) is 39.9 Å². The van der Waals surface area contributed by atoms with E-state index >= 15 is 0 Å². The van der Waals surface area contributed by atoms with Crippen molar-refractivity contribution in [2.75, 3.05) is 40.9 Å². The number of phosphoric ester groups is 1. The van der Waals surface area contributed by atoms with Crippen LogP contribution in [0.15, 0.2) is 72.9 Å². The van der Waals surface area contributed by atoms with Crippen molar-refractivity contribution in [2.45, 2.75) is 328 Å². The Morgan fingerprint density at radius 3 is 1.13 bits per heavy atom. The summed E-state index contributed by atoms with van der Waals surface area (Å²) in [5.41, 5.74) is 0. The van der Waals surface area contributed by atoms with E-state index in [1.54, 1.807) is 0 Å². The number of hydrogen-bond acceptors (Lipinski definition) is 6. The maximum atomic E-state index is 13.0. The zero-order chi connectivity index (χ0) is 57.7.